The average molecular weight is 318 g/mol. The van der Waals surface area contributed by atoms with Crippen molar-refractivity contribution in [1.82, 2.24) is 0 Å². The van der Waals surface area contributed by atoms with Crippen LogP contribution in [0.5, 0.6) is 0 Å². The van der Waals surface area contributed by atoms with Gasteiger partial charge in [-0.1, -0.05) is 6.07 Å². The van der Waals surface area contributed by atoms with Crippen LogP contribution < -0.4 is 10.6 Å². The lowest BCUT2D eigenvalue weighted by Gasteiger charge is -2.09. The Bertz CT molecular complexity index is 706. The Hall–Kier alpha value is -3.42. The van der Waals surface area contributed by atoms with E-state index in [1.54, 1.807) is 19.1 Å². The van der Waals surface area contributed by atoms with Crippen LogP contribution in [0.2, 0.25) is 0 Å². The normalized spacial score (nSPS) is 10.7. The van der Waals surface area contributed by atoms with E-state index >= 15 is 0 Å². The summed E-state index contributed by atoms with van der Waals surface area (Å²) in [5.74, 6) is -3.77. The molecule has 1 rings (SSSR count). The van der Waals surface area contributed by atoms with Gasteiger partial charge in [0, 0.05) is 35.7 Å². The molecule has 0 radical (unpaired) electrons. The van der Waals surface area contributed by atoms with Crippen molar-refractivity contribution in [1.29, 1.82) is 0 Å². The topological polar surface area (TPSA) is 133 Å². The molecule has 4 N–H and O–H groups in total. The number of hydrogen-bond acceptors (Lipinski definition) is 4. The number of aliphatic carboxylic acids is 2. The van der Waals surface area contributed by atoms with Crippen LogP contribution in [0.1, 0.15) is 5.56 Å². The summed E-state index contributed by atoms with van der Waals surface area (Å²) < 4.78 is 0. The predicted molar refractivity (Wildman–Crippen MR) is 82.0 cm³/mol. The Morgan fingerprint density at radius 1 is 0.870 bits per heavy atom. The van der Waals surface area contributed by atoms with Crippen LogP contribution in [-0.4, -0.2) is 34.0 Å². The highest BCUT2D eigenvalue weighted by Crippen LogP contribution is 2.20. The molecule has 8 heteroatoms. The van der Waals surface area contributed by atoms with Gasteiger partial charge in [0.15, 0.2) is 0 Å². The number of carboxylic acid groups (broad SMARTS) is 2. The molecule has 0 aliphatic carbocycles. The van der Waals surface area contributed by atoms with Crippen molar-refractivity contribution in [2.45, 2.75) is 6.92 Å². The number of carbonyl (C=O) groups excluding carboxylic acids is 2. The highest BCUT2D eigenvalue weighted by atomic mass is 16.4. The molecule has 0 unspecified atom stereocenters. The highest BCUT2D eigenvalue weighted by molar-refractivity contribution is 6.04. The minimum atomic E-state index is -1.25. The average Bonchev–Trinajstić information content (AvgIpc) is 2.46. The molecule has 120 valence electrons. The molecule has 8 nitrogen and oxygen atoms in total. The van der Waals surface area contributed by atoms with E-state index in [0.29, 0.717) is 29.1 Å². The van der Waals surface area contributed by atoms with Crippen LogP contribution in [0.15, 0.2) is 42.5 Å². The maximum atomic E-state index is 11.6. The first-order chi connectivity index (χ1) is 10.8. The van der Waals surface area contributed by atoms with Gasteiger partial charge >= 0.3 is 11.9 Å². The van der Waals surface area contributed by atoms with E-state index in [1.807, 2.05) is 0 Å². The van der Waals surface area contributed by atoms with Crippen molar-refractivity contribution in [3.63, 3.8) is 0 Å². The van der Waals surface area contributed by atoms with Crippen LogP contribution in [0.4, 0.5) is 11.4 Å². The maximum Gasteiger partial charge on any atom is 0.328 e. The van der Waals surface area contributed by atoms with Crippen LogP contribution in [-0.2, 0) is 19.2 Å². The predicted octanol–water partition coefficient (Wildman–Crippen LogP) is 1.15. The second-order valence-corrected chi connectivity index (χ2v) is 4.35. The van der Waals surface area contributed by atoms with Crippen LogP contribution >= 0.6 is 0 Å². The van der Waals surface area contributed by atoms with Crippen molar-refractivity contribution >= 4 is 35.1 Å². The van der Waals surface area contributed by atoms with Gasteiger partial charge in [-0.25, -0.2) is 9.59 Å². The first-order valence-electron chi connectivity index (χ1n) is 6.32. The van der Waals surface area contributed by atoms with E-state index in [4.69, 9.17) is 10.2 Å². The Balaban J connectivity index is 2.83. The fraction of sp³-hybridized carbons (Fsp3) is 0.0667. The van der Waals surface area contributed by atoms with Gasteiger partial charge in [-0.2, -0.15) is 0 Å². The second kappa shape index (κ2) is 8.13. The smallest absolute Gasteiger partial charge is 0.328 e. The van der Waals surface area contributed by atoms with E-state index < -0.39 is 23.8 Å². The first kappa shape index (κ1) is 17.6. The van der Waals surface area contributed by atoms with Crippen molar-refractivity contribution < 1.29 is 29.4 Å². The number of carbonyl (C=O) groups is 4. The third-order valence-electron chi connectivity index (χ3n) is 2.52. The third-order valence-corrected chi connectivity index (χ3v) is 2.52. The molecule has 0 aliphatic heterocycles. The fourth-order valence-corrected chi connectivity index (χ4v) is 1.49. The first-order valence-corrected chi connectivity index (χ1v) is 6.32. The van der Waals surface area contributed by atoms with E-state index in [1.165, 1.54) is 6.07 Å². The number of aryl methyl sites for hydroxylation is 1. The van der Waals surface area contributed by atoms with Crippen molar-refractivity contribution in [3.8, 4) is 0 Å². The lowest BCUT2D eigenvalue weighted by atomic mass is 10.1. The summed E-state index contributed by atoms with van der Waals surface area (Å²) in [6.07, 6.45) is 3.12. The summed E-state index contributed by atoms with van der Waals surface area (Å²) in [7, 11) is 0. The van der Waals surface area contributed by atoms with Gasteiger partial charge in [0.2, 0.25) is 11.8 Å². The number of benzene rings is 1. The maximum absolute atomic E-state index is 11.6. The molecule has 0 saturated heterocycles. The number of nitrogens with one attached hydrogen (secondary N) is 2. The Morgan fingerprint density at radius 3 is 1.91 bits per heavy atom. The molecule has 1 aromatic carbocycles. The summed E-state index contributed by atoms with van der Waals surface area (Å²) in [6.45, 7) is 1.71. The van der Waals surface area contributed by atoms with Crippen molar-refractivity contribution in [3.05, 3.63) is 48.1 Å². The quantitative estimate of drug-likeness (QED) is 0.582. The molecule has 0 aliphatic rings. The van der Waals surface area contributed by atoms with Crippen molar-refractivity contribution in [2.75, 3.05) is 10.6 Å². The Labute approximate surface area is 131 Å². The minimum Gasteiger partial charge on any atom is -0.478 e. The molecule has 0 bridgehead atoms. The molecule has 0 atom stereocenters. The zero-order chi connectivity index (χ0) is 17.4. The molecule has 23 heavy (non-hydrogen) atoms. The molecule has 1 aromatic rings. The molecule has 0 spiro atoms. The summed E-state index contributed by atoms with van der Waals surface area (Å²) in [5, 5.41) is 21.8. The number of rotatable bonds is 6. The Morgan fingerprint density at radius 2 is 1.39 bits per heavy atom. The third kappa shape index (κ3) is 6.71. The molecule has 0 saturated carbocycles. The molecule has 0 heterocycles. The largest absolute Gasteiger partial charge is 0.478 e. The summed E-state index contributed by atoms with van der Waals surface area (Å²) >= 11 is 0. The van der Waals surface area contributed by atoms with Crippen LogP contribution in [0.25, 0.3) is 0 Å². The van der Waals surface area contributed by atoms with Gasteiger partial charge in [0.05, 0.1) is 0 Å². The zero-order valence-corrected chi connectivity index (χ0v) is 12.1. The van der Waals surface area contributed by atoms with Gasteiger partial charge in [-0.15, -0.1) is 0 Å². The number of carboxylic acids is 2. The van der Waals surface area contributed by atoms with Gasteiger partial charge in [0.1, 0.15) is 0 Å². The van der Waals surface area contributed by atoms with Gasteiger partial charge in [0.25, 0.3) is 0 Å². The summed E-state index contributed by atoms with van der Waals surface area (Å²) in [6, 6.07) is 4.67. The molecular formula is C15H14N2O6. The van der Waals surface area contributed by atoms with Crippen LogP contribution in [0.3, 0.4) is 0 Å². The standard InChI is InChI=1S/C15H14N2O6/c1-9-2-3-10(16-12(18)4-6-14(20)21)8-11(9)17-13(19)5-7-15(22)23/h2-8H,1H3,(H,16,18)(H,17,19)(H,20,21)(H,22,23). The summed E-state index contributed by atoms with van der Waals surface area (Å²) in [4.78, 5) is 43.7. The van der Waals surface area contributed by atoms with Gasteiger partial charge in [-0.3, -0.25) is 9.59 Å². The fourth-order valence-electron chi connectivity index (χ4n) is 1.49. The number of anilines is 2. The van der Waals surface area contributed by atoms with Gasteiger partial charge in [-0.05, 0) is 24.6 Å². The monoisotopic (exact) mass is 318 g/mol. The summed E-state index contributed by atoms with van der Waals surface area (Å²) in [5.41, 5.74) is 1.42. The minimum absolute atomic E-state index is 0.341. The van der Waals surface area contributed by atoms with E-state index in [0.717, 1.165) is 12.2 Å². The second-order valence-electron chi connectivity index (χ2n) is 4.35. The SMILES string of the molecule is Cc1ccc(NC(=O)C=CC(=O)O)cc1NC(=O)C=CC(=O)O. The van der Waals surface area contributed by atoms with Crippen molar-refractivity contribution in [2.24, 2.45) is 0 Å². The van der Waals surface area contributed by atoms with Crippen LogP contribution in [0, 0.1) is 6.92 Å². The molecule has 2 amide bonds. The van der Waals surface area contributed by atoms with E-state index in [9.17, 15) is 19.2 Å². The lowest BCUT2D eigenvalue weighted by Crippen LogP contribution is -2.12. The zero-order valence-electron chi connectivity index (χ0n) is 12.1. The molecule has 0 fully saturated rings. The van der Waals surface area contributed by atoms with Gasteiger partial charge < -0.3 is 20.8 Å². The molecule has 0 aromatic heterocycles. The molecular weight excluding hydrogens is 304 g/mol. The lowest BCUT2D eigenvalue weighted by molar-refractivity contribution is -0.132. The highest BCUT2D eigenvalue weighted by Gasteiger charge is 2.06. The van der Waals surface area contributed by atoms with E-state index in [2.05, 4.69) is 10.6 Å². The number of amides is 2. The van der Waals surface area contributed by atoms with E-state index in [-0.39, 0.29) is 0 Å². The Kier molecular flexibility index (Phi) is 6.23. The number of hydrogen-bond donors (Lipinski definition) is 4.